The number of benzene rings is 2. The molecule has 0 radical (unpaired) electrons. The van der Waals surface area contributed by atoms with Crippen LogP contribution in [0.15, 0.2) is 42.5 Å². The van der Waals surface area contributed by atoms with E-state index in [-0.39, 0.29) is 25.4 Å². The molecule has 2 fully saturated rings. The molecule has 2 atom stereocenters. The first kappa shape index (κ1) is 24.0. The van der Waals surface area contributed by atoms with Crippen molar-refractivity contribution in [1.82, 2.24) is 9.80 Å². The normalized spacial score (nSPS) is 22.5. The van der Waals surface area contributed by atoms with Crippen LogP contribution in [-0.4, -0.2) is 66.5 Å². The molecule has 2 saturated heterocycles. The third-order valence-electron chi connectivity index (χ3n) is 6.34. The van der Waals surface area contributed by atoms with Gasteiger partial charge in [0.1, 0.15) is 5.54 Å². The molecule has 0 bridgehead atoms. The molecule has 10 heteroatoms. The summed E-state index contributed by atoms with van der Waals surface area (Å²) in [4.78, 5) is 44.0. The third-order valence-corrected chi connectivity index (χ3v) is 6.77. The van der Waals surface area contributed by atoms with Crippen molar-refractivity contribution in [1.29, 1.82) is 5.26 Å². The molecule has 0 saturated carbocycles. The number of likely N-dealkylation sites (N-methyl/N-ethyl adjacent to an activating group) is 1. The van der Waals surface area contributed by atoms with Gasteiger partial charge in [-0.15, -0.1) is 0 Å². The number of likely N-dealkylation sites (tertiary alicyclic amines) is 1. The molecule has 2 aliphatic heterocycles. The zero-order valence-electron chi connectivity index (χ0n) is 18.6. The first-order chi connectivity index (χ1) is 16.2. The molecule has 2 heterocycles. The fraction of sp³-hybridized carbons (Fsp3) is 0.333. The molecule has 34 heavy (non-hydrogen) atoms. The highest BCUT2D eigenvalue weighted by Gasteiger charge is 2.64. The first-order valence-corrected chi connectivity index (χ1v) is 11.4. The van der Waals surface area contributed by atoms with Gasteiger partial charge in [-0.05, 0) is 42.8 Å². The summed E-state index contributed by atoms with van der Waals surface area (Å²) in [5.41, 5.74) is 0.270. The summed E-state index contributed by atoms with van der Waals surface area (Å²) in [7, 11) is 1.58. The second kappa shape index (κ2) is 9.26. The average molecular weight is 501 g/mol. The van der Waals surface area contributed by atoms with E-state index in [1.807, 2.05) is 4.90 Å². The minimum Gasteiger partial charge on any atom is -0.465 e. The molecule has 0 unspecified atom stereocenters. The third kappa shape index (κ3) is 4.00. The van der Waals surface area contributed by atoms with Crippen LogP contribution in [0.25, 0.3) is 0 Å². The Morgan fingerprint density at radius 3 is 2.41 bits per heavy atom. The molecular formula is C24H22Cl2N4O4. The van der Waals surface area contributed by atoms with Crippen LogP contribution in [-0.2, 0) is 14.3 Å². The number of ether oxygens (including phenoxy) is 1. The van der Waals surface area contributed by atoms with Gasteiger partial charge in [-0.3, -0.25) is 14.5 Å². The maximum Gasteiger partial charge on any atom is 0.332 e. The summed E-state index contributed by atoms with van der Waals surface area (Å²) in [5, 5.41) is 9.76. The lowest BCUT2D eigenvalue weighted by Gasteiger charge is -2.34. The van der Waals surface area contributed by atoms with Gasteiger partial charge in [-0.1, -0.05) is 35.3 Å². The smallest absolute Gasteiger partial charge is 0.332 e. The summed E-state index contributed by atoms with van der Waals surface area (Å²) in [6.45, 7) is 2.45. The number of anilines is 1. The van der Waals surface area contributed by atoms with Crippen LogP contribution < -0.4 is 4.90 Å². The molecule has 4 rings (SSSR count). The van der Waals surface area contributed by atoms with Crippen molar-refractivity contribution in [3.63, 3.8) is 0 Å². The number of halogens is 2. The summed E-state index contributed by atoms with van der Waals surface area (Å²) >= 11 is 12.3. The van der Waals surface area contributed by atoms with Crippen LogP contribution in [0.3, 0.4) is 0 Å². The second-order valence-electron chi connectivity index (χ2n) is 8.30. The number of amides is 3. The van der Waals surface area contributed by atoms with Crippen molar-refractivity contribution in [2.45, 2.75) is 18.4 Å². The van der Waals surface area contributed by atoms with Crippen molar-refractivity contribution in [2.24, 2.45) is 0 Å². The van der Waals surface area contributed by atoms with Gasteiger partial charge in [0.15, 0.2) is 0 Å². The summed E-state index contributed by atoms with van der Waals surface area (Å²) in [5.74, 6) is -1.29. The topological polar surface area (TPSA) is 94.0 Å². The van der Waals surface area contributed by atoms with Gasteiger partial charge in [0.2, 0.25) is 0 Å². The molecular weight excluding hydrogens is 479 g/mol. The molecule has 2 aromatic carbocycles. The number of nitrogens with zero attached hydrogens (tertiary/aromatic N) is 4. The van der Waals surface area contributed by atoms with E-state index in [1.165, 1.54) is 23.1 Å². The van der Waals surface area contributed by atoms with Crippen molar-refractivity contribution in [2.75, 3.05) is 38.2 Å². The predicted octanol–water partition coefficient (Wildman–Crippen LogP) is 3.66. The fourth-order valence-corrected chi connectivity index (χ4v) is 5.32. The Hall–Kier alpha value is -3.12. The standard InChI is InChI=1S/C24H22Cl2N4O4/c1-3-34-21(31)13-29-12-20(16-6-4-15(11-27)5-7-16)24(14-29)22(32)30(23(33)28(24)2)19-9-17(25)8-18(26)10-19/h4-10,20H,3,12-14H2,1-2H3/t20-,24-/m1/s1. The van der Waals surface area contributed by atoms with Crippen LogP contribution in [0.5, 0.6) is 0 Å². The number of esters is 1. The summed E-state index contributed by atoms with van der Waals surface area (Å²) in [6.07, 6.45) is 0. The number of imide groups is 1. The number of urea groups is 1. The van der Waals surface area contributed by atoms with E-state index in [2.05, 4.69) is 6.07 Å². The number of rotatable bonds is 5. The van der Waals surface area contributed by atoms with Crippen molar-refractivity contribution < 1.29 is 19.1 Å². The number of carbonyl (C=O) groups is 3. The summed E-state index contributed by atoms with van der Waals surface area (Å²) < 4.78 is 5.10. The number of hydrogen-bond acceptors (Lipinski definition) is 6. The zero-order chi connectivity index (χ0) is 24.6. The molecule has 0 aliphatic carbocycles. The Morgan fingerprint density at radius 2 is 1.82 bits per heavy atom. The Balaban J connectivity index is 1.78. The number of hydrogen-bond donors (Lipinski definition) is 0. The summed E-state index contributed by atoms with van der Waals surface area (Å²) in [6, 6.07) is 13.0. The van der Waals surface area contributed by atoms with E-state index in [0.29, 0.717) is 22.2 Å². The lowest BCUT2D eigenvalue weighted by Crippen LogP contribution is -2.53. The molecule has 2 aromatic rings. The molecule has 8 nitrogen and oxygen atoms in total. The molecule has 176 valence electrons. The highest BCUT2D eigenvalue weighted by atomic mass is 35.5. The van der Waals surface area contributed by atoms with Gasteiger partial charge in [0, 0.05) is 36.1 Å². The van der Waals surface area contributed by atoms with Gasteiger partial charge in [-0.2, -0.15) is 5.26 Å². The largest absolute Gasteiger partial charge is 0.465 e. The van der Waals surface area contributed by atoms with E-state index >= 15 is 0 Å². The van der Waals surface area contributed by atoms with Gasteiger partial charge in [-0.25, -0.2) is 9.69 Å². The fourth-order valence-electron chi connectivity index (χ4n) is 4.80. The van der Waals surface area contributed by atoms with Crippen LogP contribution in [0.2, 0.25) is 10.0 Å². The Kier molecular flexibility index (Phi) is 6.54. The van der Waals surface area contributed by atoms with Crippen LogP contribution in [0, 0.1) is 11.3 Å². The van der Waals surface area contributed by atoms with Crippen molar-refractivity contribution in [3.05, 3.63) is 63.6 Å². The van der Waals surface area contributed by atoms with Gasteiger partial charge < -0.3 is 9.64 Å². The minimum atomic E-state index is -1.27. The van der Waals surface area contributed by atoms with Gasteiger partial charge in [0.05, 0.1) is 30.5 Å². The highest BCUT2D eigenvalue weighted by Crippen LogP contribution is 2.46. The number of carbonyl (C=O) groups excluding carboxylic acids is 3. The second-order valence-corrected chi connectivity index (χ2v) is 9.17. The maximum atomic E-state index is 14.0. The average Bonchev–Trinajstić information content (AvgIpc) is 3.25. The quantitative estimate of drug-likeness (QED) is 0.459. The predicted molar refractivity (Wildman–Crippen MR) is 127 cm³/mol. The Morgan fingerprint density at radius 1 is 1.18 bits per heavy atom. The van der Waals surface area contributed by atoms with E-state index in [1.54, 1.807) is 38.2 Å². The van der Waals surface area contributed by atoms with E-state index < -0.39 is 29.4 Å². The zero-order valence-corrected chi connectivity index (χ0v) is 20.1. The van der Waals surface area contributed by atoms with E-state index in [9.17, 15) is 19.6 Å². The van der Waals surface area contributed by atoms with Gasteiger partial charge >= 0.3 is 12.0 Å². The molecule has 0 aromatic heterocycles. The van der Waals surface area contributed by atoms with Crippen molar-refractivity contribution >= 4 is 46.8 Å². The van der Waals surface area contributed by atoms with Crippen LogP contribution in [0.1, 0.15) is 24.0 Å². The lowest BCUT2D eigenvalue weighted by molar-refractivity contribution is -0.144. The van der Waals surface area contributed by atoms with Crippen LogP contribution in [0.4, 0.5) is 10.5 Å². The van der Waals surface area contributed by atoms with Gasteiger partial charge in [0.25, 0.3) is 5.91 Å². The highest BCUT2D eigenvalue weighted by molar-refractivity contribution is 6.35. The SMILES string of the molecule is CCOC(=O)CN1C[C@H](c2ccc(C#N)cc2)[C@]2(C1)C(=O)N(c1cc(Cl)cc(Cl)c1)C(=O)N2C. The molecule has 2 aliphatic rings. The first-order valence-electron chi connectivity index (χ1n) is 10.7. The monoisotopic (exact) mass is 500 g/mol. The Labute approximate surface area is 207 Å². The lowest BCUT2D eigenvalue weighted by atomic mass is 9.80. The van der Waals surface area contributed by atoms with E-state index in [0.717, 1.165) is 10.5 Å². The Bertz CT molecular complexity index is 1180. The van der Waals surface area contributed by atoms with E-state index in [4.69, 9.17) is 27.9 Å². The maximum absolute atomic E-state index is 14.0. The molecule has 0 N–H and O–H groups in total. The van der Waals surface area contributed by atoms with Crippen molar-refractivity contribution in [3.8, 4) is 6.07 Å². The minimum absolute atomic E-state index is 0.0132. The molecule has 3 amide bonds. The molecule has 1 spiro atoms. The van der Waals surface area contributed by atoms with Crippen LogP contribution >= 0.6 is 23.2 Å². The number of nitriles is 1.